The Morgan fingerprint density at radius 3 is 2.61 bits per heavy atom. The van der Waals surface area contributed by atoms with Gasteiger partial charge >= 0.3 is 0 Å². The molecule has 0 fully saturated rings. The number of hydrogen-bond donors (Lipinski definition) is 1. The number of hydrogen-bond acceptors (Lipinski definition) is 3. The molecule has 0 bridgehead atoms. The van der Waals surface area contributed by atoms with Gasteiger partial charge in [0.25, 0.3) is 5.91 Å². The lowest BCUT2D eigenvalue weighted by Gasteiger charge is -2.13. The molecule has 0 unspecified atom stereocenters. The molecule has 3 rings (SSSR count). The van der Waals surface area contributed by atoms with E-state index in [9.17, 15) is 4.79 Å². The molecule has 1 amide bonds. The van der Waals surface area contributed by atoms with Crippen molar-refractivity contribution in [3.63, 3.8) is 0 Å². The van der Waals surface area contributed by atoms with Gasteiger partial charge in [0.05, 0.1) is 29.2 Å². The SMILES string of the molecule is Cc1c(C(=O)NCCCO[C@@H](C)c2ccccc2)cnn1-c1ccc(Cl)cc1. The number of carbonyl (C=O) groups excluding carboxylic acids is 1. The van der Waals surface area contributed by atoms with Gasteiger partial charge in [-0.15, -0.1) is 0 Å². The standard InChI is InChI=1S/C22H24ClN3O2/c1-16-21(15-25-26(16)20-11-9-19(23)10-12-20)22(27)24-13-6-14-28-17(2)18-7-4-3-5-8-18/h3-5,7-12,15,17H,6,13-14H2,1-2H3,(H,24,27)/t17-/m0/s1. The number of amides is 1. The Hall–Kier alpha value is -2.63. The lowest BCUT2D eigenvalue weighted by atomic mass is 10.1. The fourth-order valence-corrected chi connectivity index (χ4v) is 3.05. The molecule has 0 saturated heterocycles. The molecule has 1 aromatic heterocycles. The number of ether oxygens (including phenoxy) is 1. The number of carbonyl (C=O) groups is 1. The van der Waals surface area contributed by atoms with Crippen molar-refractivity contribution in [1.82, 2.24) is 15.1 Å². The van der Waals surface area contributed by atoms with E-state index in [2.05, 4.69) is 10.4 Å². The molecule has 0 aliphatic rings. The summed E-state index contributed by atoms with van der Waals surface area (Å²) in [4.78, 5) is 12.5. The van der Waals surface area contributed by atoms with Gasteiger partial charge in [0.2, 0.25) is 0 Å². The maximum atomic E-state index is 12.5. The van der Waals surface area contributed by atoms with E-state index in [0.717, 1.165) is 23.4 Å². The molecule has 6 heteroatoms. The largest absolute Gasteiger partial charge is 0.374 e. The number of nitrogens with one attached hydrogen (secondary N) is 1. The summed E-state index contributed by atoms with van der Waals surface area (Å²) in [5.74, 6) is -0.131. The van der Waals surface area contributed by atoms with Crippen molar-refractivity contribution >= 4 is 17.5 Å². The van der Waals surface area contributed by atoms with E-state index < -0.39 is 0 Å². The zero-order chi connectivity index (χ0) is 19.9. The quantitative estimate of drug-likeness (QED) is 0.559. The molecule has 5 nitrogen and oxygen atoms in total. The van der Waals surface area contributed by atoms with Crippen molar-refractivity contribution in [3.05, 3.63) is 82.6 Å². The molecule has 0 spiro atoms. The maximum absolute atomic E-state index is 12.5. The van der Waals surface area contributed by atoms with E-state index in [1.165, 1.54) is 0 Å². The van der Waals surface area contributed by atoms with E-state index in [4.69, 9.17) is 16.3 Å². The summed E-state index contributed by atoms with van der Waals surface area (Å²) in [5.41, 5.74) is 3.36. The first kappa shape index (κ1) is 20.1. The number of halogens is 1. The second-order valence-electron chi connectivity index (χ2n) is 6.57. The summed E-state index contributed by atoms with van der Waals surface area (Å²) in [6.07, 6.45) is 2.37. The highest BCUT2D eigenvalue weighted by Gasteiger charge is 2.14. The van der Waals surface area contributed by atoms with E-state index >= 15 is 0 Å². The second-order valence-corrected chi connectivity index (χ2v) is 7.00. The summed E-state index contributed by atoms with van der Waals surface area (Å²) in [7, 11) is 0. The Morgan fingerprint density at radius 2 is 1.89 bits per heavy atom. The van der Waals surface area contributed by atoms with Crippen LogP contribution in [0, 0.1) is 6.92 Å². The molecule has 3 aromatic rings. The van der Waals surface area contributed by atoms with Crippen LogP contribution in [0.25, 0.3) is 5.69 Å². The maximum Gasteiger partial charge on any atom is 0.254 e. The third-order valence-corrected chi connectivity index (χ3v) is 4.82. The number of nitrogens with zero attached hydrogens (tertiary/aromatic N) is 2. The number of aromatic nitrogens is 2. The predicted molar refractivity (Wildman–Crippen MR) is 111 cm³/mol. The zero-order valence-corrected chi connectivity index (χ0v) is 16.8. The first-order valence-corrected chi connectivity index (χ1v) is 9.69. The van der Waals surface area contributed by atoms with Crippen LogP contribution in [0.4, 0.5) is 0 Å². The van der Waals surface area contributed by atoms with Crippen molar-refractivity contribution < 1.29 is 9.53 Å². The predicted octanol–water partition coefficient (Wildman–Crippen LogP) is 4.73. The summed E-state index contributed by atoms with van der Waals surface area (Å²) >= 11 is 5.93. The van der Waals surface area contributed by atoms with Gasteiger partial charge in [0.1, 0.15) is 0 Å². The molecule has 0 aliphatic heterocycles. The van der Waals surface area contributed by atoms with Crippen LogP contribution >= 0.6 is 11.6 Å². The Morgan fingerprint density at radius 1 is 1.18 bits per heavy atom. The minimum absolute atomic E-state index is 0.0387. The highest BCUT2D eigenvalue weighted by molar-refractivity contribution is 6.30. The molecule has 28 heavy (non-hydrogen) atoms. The van der Waals surface area contributed by atoms with Gasteiger partial charge in [-0.3, -0.25) is 4.79 Å². The minimum Gasteiger partial charge on any atom is -0.374 e. The number of benzene rings is 2. The van der Waals surface area contributed by atoms with E-state index in [0.29, 0.717) is 23.7 Å². The topological polar surface area (TPSA) is 56.1 Å². The Balaban J connectivity index is 1.47. The van der Waals surface area contributed by atoms with Gasteiger partial charge in [-0.1, -0.05) is 41.9 Å². The van der Waals surface area contributed by atoms with Crippen LogP contribution in [-0.2, 0) is 4.74 Å². The highest BCUT2D eigenvalue weighted by Crippen LogP contribution is 2.17. The van der Waals surface area contributed by atoms with Crippen molar-refractivity contribution in [3.8, 4) is 5.69 Å². The molecule has 0 saturated carbocycles. The molecule has 0 radical (unpaired) electrons. The van der Waals surface area contributed by atoms with Crippen LogP contribution in [0.2, 0.25) is 5.02 Å². The summed E-state index contributed by atoms with van der Waals surface area (Å²) in [6, 6.07) is 17.4. The first-order valence-electron chi connectivity index (χ1n) is 9.31. The van der Waals surface area contributed by atoms with E-state index in [-0.39, 0.29) is 12.0 Å². The molecule has 1 N–H and O–H groups in total. The summed E-state index contributed by atoms with van der Waals surface area (Å²) < 4.78 is 7.56. The van der Waals surface area contributed by atoms with Crippen LogP contribution in [0.15, 0.2) is 60.8 Å². The Kier molecular flexibility index (Phi) is 6.85. The van der Waals surface area contributed by atoms with Crippen molar-refractivity contribution in [2.75, 3.05) is 13.2 Å². The fourth-order valence-electron chi connectivity index (χ4n) is 2.92. The second kappa shape index (κ2) is 9.53. The third-order valence-electron chi connectivity index (χ3n) is 4.57. The van der Waals surface area contributed by atoms with Gasteiger partial charge in [-0.25, -0.2) is 4.68 Å². The van der Waals surface area contributed by atoms with Crippen LogP contribution in [0.5, 0.6) is 0 Å². The van der Waals surface area contributed by atoms with Crippen LogP contribution in [0.3, 0.4) is 0 Å². The van der Waals surface area contributed by atoms with Crippen molar-refractivity contribution in [1.29, 1.82) is 0 Å². The van der Waals surface area contributed by atoms with Gasteiger partial charge in [0.15, 0.2) is 0 Å². The monoisotopic (exact) mass is 397 g/mol. The average Bonchev–Trinajstić information content (AvgIpc) is 3.10. The van der Waals surface area contributed by atoms with E-state index in [1.807, 2.05) is 56.3 Å². The number of rotatable bonds is 8. The molecular weight excluding hydrogens is 374 g/mol. The molecule has 0 aliphatic carbocycles. The Labute approximate surface area is 170 Å². The molecule has 1 atom stereocenters. The van der Waals surface area contributed by atoms with Crippen LogP contribution in [-0.4, -0.2) is 28.8 Å². The third kappa shape index (κ3) is 5.00. The average molecular weight is 398 g/mol. The zero-order valence-electron chi connectivity index (χ0n) is 16.1. The lowest BCUT2D eigenvalue weighted by Crippen LogP contribution is -2.25. The van der Waals surface area contributed by atoms with Crippen molar-refractivity contribution in [2.24, 2.45) is 0 Å². The lowest BCUT2D eigenvalue weighted by molar-refractivity contribution is 0.0635. The fraction of sp³-hybridized carbons (Fsp3) is 0.273. The summed E-state index contributed by atoms with van der Waals surface area (Å²) in [6.45, 7) is 5.04. The van der Waals surface area contributed by atoms with Crippen LogP contribution < -0.4 is 5.32 Å². The smallest absolute Gasteiger partial charge is 0.254 e. The molecule has 146 valence electrons. The minimum atomic E-state index is -0.131. The summed E-state index contributed by atoms with van der Waals surface area (Å²) in [5, 5.41) is 7.92. The molecular formula is C22H24ClN3O2. The van der Waals surface area contributed by atoms with Gasteiger partial charge < -0.3 is 10.1 Å². The van der Waals surface area contributed by atoms with Gasteiger partial charge in [-0.05, 0) is 50.1 Å². The normalized spacial score (nSPS) is 12.0. The first-order chi connectivity index (χ1) is 13.6. The van der Waals surface area contributed by atoms with Gasteiger partial charge in [0, 0.05) is 18.2 Å². The van der Waals surface area contributed by atoms with Gasteiger partial charge in [-0.2, -0.15) is 5.10 Å². The van der Waals surface area contributed by atoms with E-state index in [1.54, 1.807) is 23.0 Å². The van der Waals surface area contributed by atoms with Crippen molar-refractivity contribution in [2.45, 2.75) is 26.4 Å². The van der Waals surface area contributed by atoms with Crippen LogP contribution in [0.1, 0.15) is 41.1 Å². The molecule has 2 aromatic carbocycles. The Bertz CT molecular complexity index is 907. The highest BCUT2D eigenvalue weighted by atomic mass is 35.5. The molecule has 1 heterocycles.